The number of oxazole rings is 1. The van der Waals surface area contributed by atoms with Gasteiger partial charge in [-0.1, -0.05) is 48.0 Å². The van der Waals surface area contributed by atoms with Crippen LogP contribution >= 0.6 is 22.9 Å². The van der Waals surface area contributed by atoms with Gasteiger partial charge in [0, 0.05) is 0 Å². The number of benzene rings is 1. The molecule has 8 heteroatoms. The minimum absolute atomic E-state index is 0.00660. The molecule has 0 spiro atoms. The van der Waals surface area contributed by atoms with Gasteiger partial charge in [-0.2, -0.15) is 5.10 Å². The Kier molecular flexibility index (Phi) is 5.27. The van der Waals surface area contributed by atoms with E-state index < -0.39 is 5.97 Å². The lowest BCUT2D eigenvalue weighted by Crippen LogP contribution is -2.07. The number of halogens is 1. The zero-order chi connectivity index (χ0) is 19.5. The average molecular weight is 414 g/mol. The first kappa shape index (κ1) is 18.5. The van der Waals surface area contributed by atoms with Crippen LogP contribution in [0.25, 0.3) is 10.8 Å². The van der Waals surface area contributed by atoms with Crippen LogP contribution in [0.2, 0.25) is 5.15 Å². The molecule has 142 valence electrons. The molecule has 0 atom stereocenters. The molecule has 0 aliphatic heterocycles. The summed E-state index contributed by atoms with van der Waals surface area (Å²) < 4.78 is 12.4. The number of esters is 1. The molecule has 3 heterocycles. The van der Waals surface area contributed by atoms with Gasteiger partial charge in [0.05, 0.1) is 17.1 Å². The largest absolute Gasteiger partial charge is 0.455 e. The Labute approximate surface area is 170 Å². The molecule has 4 rings (SSSR count). The molecule has 3 aromatic heterocycles. The SMILES string of the molecule is Cc1nn(Cc2ccccc2)c(Cl)c1C(=O)OCc1coc(-c2cccs2)n1. The molecule has 0 N–H and O–H groups in total. The molecule has 0 unspecified atom stereocenters. The van der Waals surface area contributed by atoms with E-state index in [1.54, 1.807) is 11.6 Å². The standard InChI is InChI=1S/C20H16ClN3O3S/c1-13-17(18(21)24(23-13)10-14-6-3-2-4-7-14)20(25)27-12-15-11-26-19(22-15)16-8-5-9-28-16/h2-9,11H,10,12H2,1H3. The summed E-state index contributed by atoms with van der Waals surface area (Å²) in [6, 6.07) is 13.6. The second-order valence-electron chi connectivity index (χ2n) is 6.09. The fraction of sp³-hybridized carbons (Fsp3) is 0.150. The highest BCUT2D eigenvalue weighted by molar-refractivity contribution is 7.13. The van der Waals surface area contributed by atoms with Crippen molar-refractivity contribution < 1.29 is 13.9 Å². The van der Waals surface area contributed by atoms with Crippen molar-refractivity contribution in [3.8, 4) is 10.8 Å². The highest BCUT2D eigenvalue weighted by Gasteiger charge is 2.22. The van der Waals surface area contributed by atoms with Gasteiger partial charge < -0.3 is 9.15 Å². The number of carbonyl (C=O) groups is 1. The Bertz CT molecular complexity index is 1090. The van der Waals surface area contributed by atoms with E-state index in [0.717, 1.165) is 10.4 Å². The van der Waals surface area contributed by atoms with Crippen molar-refractivity contribution in [3.63, 3.8) is 0 Å². The van der Waals surface area contributed by atoms with E-state index in [1.165, 1.54) is 17.6 Å². The van der Waals surface area contributed by atoms with E-state index in [0.29, 0.717) is 23.8 Å². The molecule has 0 bridgehead atoms. The van der Waals surface area contributed by atoms with E-state index in [-0.39, 0.29) is 17.3 Å². The monoisotopic (exact) mass is 413 g/mol. The quantitative estimate of drug-likeness (QED) is 0.417. The number of aryl methyl sites for hydroxylation is 1. The Morgan fingerprint density at radius 3 is 2.82 bits per heavy atom. The minimum atomic E-state index is -0.539. The van der Waals surface area contributed by atoms with Crippen LogP contribution in [0.5, 0.6) is 0 Å². The molecule has 6 nitrogen and oxygen atoms in total. The van der Waals surface area contributed by atoms with Crippen LogP contribution in [0.15, 0.2) is 58.5 Å². The van der Waals surface area contributed by atoms with Gasteiger partial charge in [0.2, 0.25) is 5.89 Å². The number of hydrogen-bond donors (Lipinski definition) is 0. The normalized spacial score (nSPS) is 10.9. The summed E-state index contributed by atoms with van der Waals surface area (Å²) in [5.74, 6) is -0.0339. The van der Waals surface area contributed by atoms with Crippen molar-refractivity contribution in [2.45, 2.75) is 20.1 Å². The summed E-state index contributed by atoms with van der Waals surface area (Å²) in [4.78, 5) is 17.8. The molecule has 0 saturated carbocycles. The lowest BCUT2D eigenvalue weighted by Gasteiger charge is -2.04. The van der Waals surface area contributed by atoms with E-state index in [9.17, 15) is 4.79 Å². The molecule has 0 amide bonds. The first-order valence-electron chi connectivity index (χ1n) is 8.54. The van der Waals surface area contributed by atoms with Crippen molar-refractivity contribution >= 4 is 28.9 Å². The smallest absolute Gasteiger partial charge is 0.343 e. The van der Waals surface area contributed by atoms with E-state index >= 15 is 0 Å². The predicted octanol–water partition coefficient (Wildman–Crippen LogP) is 4.97. The number of hydrogen-bond acceptors (Lipinski definition) is 6. The van der Waals surface area contributed by atoms with Crippen molar-refractivity contribution in [2.24, 2.45) is 0 Å². The van der Waals surface area contributed by atoms with Gasteiger partial charge in [-0.3, -0.25) is 0 Å². The van der Waals surface area contributed by atoms with Crippen LogP contribution in [0, 0.1) is 6.92 Å². The molecule has 4 aromatic rings. The highest BCUT2D eigenvalue weighted by atomic mass is 35.5. The highest BCUT2D eigenvalue weighted by Crippen LogP contribution is 2.25. The van der Waals surface area contributed by atoms with Crippen LogP contribution in [0.1, 0.15) is 27.3 Å². The maximum absolute atomic E-state index is 12.5. The summed E-state index contributed by atoms with van der Waals surface area (Å²) in [7, 11) is 0. The minimum Gasteiger partial charge on any atom is -0.455 e. The molecule has 28 heavy (non-hydrogen) atoms. The summed E-state index contributed by atoms with van der Waals surface area (Å²) >= 11 is 7.92. The number of aromatic nitrogens is 3. The molecule has 0 saturated heterocycles. The number of thiophene rings is 1. The molecular formula is C20H16ClN3O3S. The molecule has 1 aromatic carbocycles. The van der Waals surface area contributed by atoms with E-state index in [4.69, 9.17) is 20.8 Å². The summed E-state index contributed by atoms with van der Waals surface area (Å²) in [6.07, 6.45) is 1.48. The Balaban J connectivity index is 1.45. The van der Waals surface area contributed by atoms with Gasteiger partial charge in [-0.15, -0.1) is 11.3 Å². The third-order valence-corrected chi connectivity index (χ3v) is 5.32. The molecule has 0 aliphatic rings. The number of carbonyl (C=O) groups excluding carboxylic acids is 1. The maximum Gasteiger partial charge on any atom is 0.343 e. The van der Waals surface area contributed by atoms with Crippen LogP contribution in [-0.2, 0) is 17.9 Å². The van der Waals surface area contributed by atoms with Crippen LogP contribution in [-0.4, -0.2) is 20.7 Å². The fourth-order valence-corrected chi connectivity index (χ4v) is 3.71. The average Bonchev–Trinajstić information content (AvgIpc) is 3.42. The lowest BCUT2D eigenvalue weighted by molar-refractivity contribution is 0.0467. The molecule has 0 radical (unpaired) electrons. The first-order chi connectivity index (χ1) is 13.6. The van der Waals surface area contributed by atoms with E-state index in [1.807, 2.05) is 47.8 Å². The third kappa shape index (κ3) is 3.85. The van der Waals surface area contributed by atoms with Gasteiger partial charge in [0.25, 0.3) is 0 Å². The molecular weight excluding hydrogens is 398 g/mol. The summed E-state index contributed by atoms with van der Waals surface area (Å²) in [6.45, 7) is 2.20. The van der Waals surface area contributed by atoms with Gasteiger partial charge in [-0.05, 0) is 23.9 Å². The van der Waals surface area contributed by atoms with Gasteiger partial charge in [0.15, 0.2) is 0 Å². The van der Waals surface area contributed by atoms with Crippen LogP contribution < -0.4 is 0 Å². The molecule has 0 aliphatic carbocycles. The van der Waals surface area contributed by atoms with Gasteiger partial charge in [0.1, 0.15) is 29.3 Å². The Hall–Kier alpha value is -2.90. The lowest BCUT2D eigenvalue weighted by atomic mass is 10.2. The van der Waals surface area contributed by atoms with Gasteiger partial charge >= 0.3 is 5.97 Å². The molecule has 0 fully saturated rings. The Morgan fingerprint density at radius 1 is 1.25 bits per heavy atom. The van der Waals surface area contributed by atoms with Crippen molar-refractivity contribution in [2.75, 3.05) is 0 Å². The third-order valence-electron chi connectivity index (χ3n) is 4.08. The number of rotatable bonds is 6. The summed E-state index contributed by atoms with van der Waals surface area (Å²) in [5, 5.41) is 6.57. The zero-order valence-corrected chi connectivity index (χ0v) is 16.5. The fourth-order valence-electron chi connectivity index (χ4n) is 2.74. The van der Waals surface area contributed by atoms with Crippen molar-refractivity contribution in [1.29, 1.82) is 0 Å². The topological polar surface area (TPSA) is 70.2 Å². The maximum atomic E-state index is 12.5. The van der Waals surface area contributed by atoms with Crippen LogP contribution in [0.4, 0.5) is 0 Å². The number of ether oxygens (including phenoxy) is 1. The Morgan fingerprint density at radius 2 is 2.07 bits per heavy atom. The second-order valence-corrected chi connectivity index (χ2v) is 7.40. The zero-order valence-electron chi connectivity index (χ0n) is 15.0. The van der Waals surface area contributed by atoms with E-state index in [2.05, 4.69) is 10.1 Å². The number of nitrogens with zero attached hydrogens (tertiary/aromatic N) is 3. The second kappa shape index (κ2) is 8.00. The van der Waals surface area contributed by atoms with Crippen LogP contribution in [0.3, 0.4) is 0 Å². The summed E-state index contributed by atoms with van der Waals surface area (Å²) in [5.41, 5.74) is 2.35. The van der Waals surface area contributed by atoms with Gasteiger partial charge in [-0.25, -0.2) is 14.5 Å². The van der Waals surface area contributed by atoms with Crippen molar-refractivity contribution in [3.05, 3.63) is 81.8 Å². The first-order valence-corrected chi connectivity index (χ1v) is 9.80. The van der Waals surface area contributed by atoms with Crippen molar-refractivity contribution in [1.82, 2.24) is 14.8 Å². The predicted molar refractivity (Wildman–Crippen MR) is 106 cm³/mol.